The fraction of sp³-hybridized carbons (Fsp3) is 1.00. The SMILES string of the molecule is CC1CC(CN)(N2CCN(C(C)C)CC2)C1. The van der Waals surface area contributed by atoms with Gasteiger partial charge in [-0.05, 0) is 32.6 Å². The molecule has 2 aliphatic rings. The Morgan fingerprint density at radius 1 is 1.19 bits per heavy atom. The van der Waals surface area contributed by atoms with E-state index in [-0.39, 0.29) is 0 Å². The molecule has 2 fully saturated rings. The number of rotatable bonds is 3. The van der Waals surface area contributed by atoms with Gasteiger partial charge in [0.1, 0.15) is 0 Å². The standard InChI is InChI=1S/C13H27N3/c1-11(2)15-4-6-16(7-5-15)13(10-14)8-12(3)9-13/h11-12H,4-10,14H2,1-3H3. The van der Waals surface area contributed by atoms with E-state index in [2.05, 4.69) is 30.6 Å². The first-order valence-electron chi connectivity index (χ1n) is 6.76. The highest BCUT2D eigenvalue weighted by Gasteiger charge is 2.46. The van der Waals surface area contributed by atoms with Gasteiger partial charge in [0.25, 0.3) is 0 Å². The topological polar surface area (TPSA) is 32.5 Å². The lowest BCUT2D eigenvalue weighted by molar-refractivity contribution is -0.0439. The number of nitrogens with two attached hydrogens (primary N) is 1. The highest BCUT2D eigenvalue weighted by atomic mass is 15.3. The van der Waals surface area contributed by atoms with E-state index in [0.29, 0.717) is 11.6 Å². The predicted molar refractivity (Wildman–Crippen MR) is 68.5 cm³/mol. The number of piperazine rings is 1. The van der Waals surface area contributed by atoms with Gasteiger partial charge in [0, 0.05) is 44.3 Å². The minimum atomic E-state index is 0.364. The average molecular weight is 225 g/mol. The Labute approximate surface area is 100.0 Å². The van der Waals surface area contributed by atoms with Gasteiger partial charge in [-0.15, -0.1) is 0 Å². The van der Waals surface area contributed by atoms with Gasteiger partial charge in [-0.1, -0.05) is 6.92 Å². The molecule has 94 valence electrons. The maximum atomic E-state index is 6.00. The lowest BCUT2D eigenvalue weighted by Gasteiger charge is -2.55. The minimum absolute atomic E-state index is 0.364. The normalized spacial score (nSPS) is 37.7. The highest BCUT2D eigenvalue weighted by Crippen LogP contribution is 2.41. The van der Waals surface area contributed by atoms with Crippen molar-refractivity contribution in [3.63, 3.8) is 0 Å². The highest BCUT2D eigenvalue weighted by molar-refractivity contribution is 5.03. The van der Waals surface area contributed by atoms with Gasteiger partial charge in [-0.2, -0.15) is 0 Å². The molecular formula is C13H27N3. The summed E-state index contributed by atoms with van der Waals surface area (Å²) < 4.78 is 0. The summed E-state index contributed by atoms with van der Waals surface area (Å²) in [6.07, 6.45) is 2.62. The van der Waals surface area contributed by atoms with E-state index in [1.165, 1.54) is 39.0 Å². The Morgan fingerprint density at radius 3 is 2.12 bits per heavy atom. The fourth-order valence-corrected chi connectivity index (χ4v) is 3.50. The molecule has 1 aliphatic heterocycles. The van der Waals surface area contributed by atoms with Gasteiger partial charge in [0.15, 0.2) is 0 Å². The van der Waals surface area contributed by atoms with Crippen LogP contribution in [0.4, 0.5) is 0 Å². The summed E-state index contributed by atoms with van der Waals surface area (Å²) in [6.45, 7) is 12.6. The van der Waals surface area contributed by atoms with Gasteiger partial charge < -0.3 is 5.73 Å². The third-order valence-corrected chi connectivity index (χ3v) is 4.55. The number of hydrogen-bond donors (Lipinski definition) is 1. The second-order valence-electron chi connectivity index (χ2n) is 6.06. The van der Waals surface area contributed by atoms with E-state index >= 15 is 0 Å². The molecule has 2 N–H and O–H groups in total. The van der Waals surface area contributed by atoms with Crippen LogP contribution in [-0.4, -0.2) is 54.1 Å². The van der Waals surface area contributed by atoms with Crippen LogP contribution in [0.15, 0.2) is 0 Å². The van der Waals surface area contributed by atoms with Gasteiger partial charge in [-0.25, -0.2) is 0 Å². The van der Waals surface area contributed by atoms with Crippen molar-refractivity contribution >= 4 is 0 Å². The Bertz CT molecular complexity index is 225. The lowest BCUT2D eigenvalue weighted by Crippen LogP contribution is -2.65. The maximum Gasteiger partial charge on any atom is 0.0337 e. The molecule has 0 aromatic rings. The zero-order chi connectivity index (χ0) is 11.8. The Hall–Kier alpha value is -0.120. The minimum Gasteiger partial charge on any atom is -0.329 e. The first kappa shape index (κ1) is 12.3. The molecule has 0 radical (unpaired) electrons. The van der Waals surface area contributed by atoms with Crippen LogP contribution >= 0.6 is 0 Å². The first-order valence-corrected chi connectivity index (χ1v) is 6.76. The maximum absolute atomic E-state index is 6.00. The van der Waals surface area contributed by atoms with Crippen LogP contribution in [0.2, 0.25) is 0 Å². The molecular weight excluding hydrogens is 198 g/mol. The van der Waals surface area contributed by atoms with Gasteiger partial charge >= 0.3 is 0 Å². The summed E-state index contributed by atoms with van der Waals surface area (Å²) >= 11 is 0. The van der Waals surface area contributed by atoms with Crippen LogP contribution in [0.1, 0.15) is 33.6 Å². The van der Waals surface area contributed by atoms with Crippen LogP contribution in [0.25, 0.3) is 0 Å². The number of nitrogens with zero attached hydrogens (tertiary/aromatic N) is 2. The molecule has 3 nitrogen and oxygen atoms in total. The predicted octanol–water partition coefficient (Wildman–Crippen LogP) is 1.14. The van der Waals surface area contributed by atoms with Crippen molar-refractivity contribution in [1.82, 2.24) is 9.80 Å². The van der Waals surface area contributed by atoms with Crippen molar-refractivity contribution < 1.29 is 0 Å². The van der Waals surface area contributed by atoms with E-state index in [4.69, 9.17) is 5.73 Å². The van der Waals surface area contributed by atoms with Gasteiger partial charge in [-0.3, -0.25) is 9.80 Å². The van der Waals surface area contributed by atoms with Crippen LogP contribution in [-0.2, 0) is 0 Å². The molecule has 16 heavy (non-hydrogen) atoms. The molecule has 2 rings (SSSR count). The van der Waals surface area contributed by atoms with Crippen molar-refractivity contribution in [2.75, 3.05) is 32.7 Å². The summed E-state index contributed by atoms with van der Waals surface area (Å²) in [6, 6.07) is 0.691. The van der Waals surface area contributed by atoms with Gasteiger partial charge in [0.05, 0.1) is 0 Å². The fourth-order valence-electron chi connectivity index (χ4n) is 3.50. The molecule has 3 heteroatoms. The Morgan fingerprint density at radius 2 is 1.75 bits per heavy atom. The third-order valence-electron chi connectivity index (χ3n) is 4.55. The zero-order valence-electron chi connectivity index (χ0n) is 11.1. The van der Waals surface area contributed by atoms with Crippen LogP contribution in [0, 0.1) is 5.92 Å². The van der Waals surface area contributed by atoms with Crippen LogP contribution in [0.3, 0.4) is 0 Å². The summed E-state index contributed by atoms with van der Waals surface area (Å²) in [7, 11) is 0. The van der Waals surface area contributed by atoms with Gasteiger partial charge in [0.2, 0.25) is 0 Å². The second kappa shape index (κ2) is 4.63. The molecule has 1 heterocycles. The summed E-state index contributed by atoms with van der Waals surface area (Å²) in [4.78, 5) is 5.23. The van der Waals surface area contributed by atoms with Crippen molar-refractivity contribution in [3.8, 4) is 0 Å². The van der Waals surface area contributed by atoms with Crippen LogP contribution < -0.4 is 5.73 Å². The van der Waals surface area contributed by atoms with E-state index in [9.17, 15) is 0 Å². The van der Waals surface area contributed by atoms with Crippen molar-refractivity contribution in [2.24, 2.45) is 11.7 Å². The monoisotopic (exact) mass is 225 g/mol. The molecule has 0 aromatic heterocycles. The molecule has 0 aromatic carbocycles. The molecule has 0 amide bonds. The molecule has 1 aliphatic carbocycles. The van der Waals surface area contributed by atoms with E-state index in [1.54, 1.807) is 0 Å². The van der Waals surface area contributed by atoms with E-state index in [0.717, 1.165) is 12.5 Å². The van der Waals surface area contributed by atoms with Crippen molar-refractivity contribution in [2.45, 2.75) is 45.2 Å². The second-order valence-corrected chi connectivity index (χ2v) is 6.06. The molecule has 0 atom stereocenters. The Kier molecular flexibility index (Phi) is 3.57. The third kappa shape index (κ3) is 2.13. The average Bonchev–Trinajstić information content (AvgIpc) is 2.24. The lowest BCUT2D eigenvalue weighted by atomic mass is 9.68. The number of hydrogen-bond acceptors (Lipinski definition) is 3. The largest absolute Gasteiger partial charge is 0.329 e. The summed E-state index contributed by atoms with van der Waals surface area (Å²) in [5.74, 6) is 0.881. The van der Waals surface area contributed by atoms with Crippen molar-refractivity contribution in [3.05, 3.63) is 0 Å². The molecule has 0 bridgehead atoms. The molecule has 1 saturated heterocycles. The quantitative estimate of drug-likeness (QED) is 0.782. The molecule has 0 spiro atoms. The zero-order valence-corrected chi connectivity index (χ0v) is 11.1. The molecule has 1 saturated carbocycles. The smallest absolute Gasteiger partial charge is 0.0337 e. The molecule has 0 unspecified atom stereocenters. The van der Waals surface area contributed by atoms with Crippen molar-refractivity contribution in [1.29, 1.82) is 0 Å². The first-order chi connectivity index (χ1) is 7.57. The Balaban J connectivity index is 1.88. The summed E-state index contributed by atoms with van der Waals surface area (Å²) in [5, 5.41) is 0. The van der Waals surface area contributed by atoms with E-state index < -0.39 is 0 Å². The summed E-state index contributed by atoms with van der Waals surface area (Å²) in [5.41, 5.74) is 6.36. The van der Waals surface area contributed by atoms with Crippen LogP contribution in [0.5, 0.6) is 0 Å². The van der Waals surface area contributed by atoms with E-state index in [1.807, 2.05) is 0 Å².